The molecule has 2 aromatic heterocycles. The van der Waals surface area contributed by atoms with Crippen LogP contribution in [0.25, 0.3) is 11.3 Å². The first-order valence-corrected chi connectivity index (χ1v) is 12.4. The third kappa shape index (κ3) is 4.35. The molecule has 8 nitrogen and oxygen atoms in total. The highest BCUT2D eigenvalue weighted by atomic mass is 19.1. The Bertz CT molecular complexity index is 1530. The van der Waals surface area contributed by atoms with E-state index in [-0.39, 0.29) is 12.2 Å². The number of halogens is 1. The molecule has 1 amide bonds. The number of aryl methyl sites for hydroxylation is 1. The zero-order valence-electron chi connectivity index (χ0n) is 20.5. The van der Waals surface area contributed by atoms with E-state index in [0.717, 1.165) is 29.5 Å². The van der Waals surface area contributed by atoms with Gasteiger partial charge in [0.05, 0.1) is 29.7 Å². The zero-order valence-corrected chi connectivity index (χ0v) is 20.5. The highest BCUT2D eigenvalue weighted by molar-refractivity contribution is 6.09. The van der Waals surface area contributed by atoms with Crippen molar-refractivity contribution in [2.45, 2.75) is 38.2 Å². The number of amides is 1. The van der Waals surface area contributed by atoms with Gasteiger partial charge in [-0.25, -0.2) is 14.4 Å². The van der Waals surface area contributed by atoms with Crippen LogP contribution in [-0.2, 0) is 26.5 Å². The van der Waals surface area contributed by atoms with Crippen molar-refractivity contribution in [2.24, 2.45) is 7.05 Å². The maximum absolute atomic E-state index is 15.1. The molecular formula is C28H27FN6O2. The molecule has 0 saturated heterocycles. The van der Waals surface area contributed by atoms with Gasteiger partial charge in [-0.05, 0) is 54.0 Å². The molecule has 3 heterocycles. The zero-order chi connectivity index (χ0) is 25.7. The van der Waals surface area contributed by atoms with Crippen LogP contribution >= 0.6 is 0 Å². The minimum atomic E-state index is -0.473. The number of hydrogen-bond acceptors (Lipinski definition) is 6. The van der Waals surface area contributed by atoms with Gasteiger partial charge in [0.15, 0.2) is 0 Å². The van der Waals surface area contributed by atoms with Gasteiger partial charge in [-0.2, -0.15) is 5.10 Å². The second kappa shape index (κ2) is 9.08. The predicted molar refractivity (Wildman–Crippen MR) is 138 cm³/mol. The van der Waals surface area contributed by atoms with Crippen LogP contribution in [-0.4, -0.2) is 37.3 Å². The first-order chi connectivity index (χ1) is 17.9. The number of anilines is 2. The molecule has 3 N–H and O–H groups in total. The van der Waals surface area contributed by atoms with E-state index in [9.17, 15) is 9.90 Å². The normalized spacial score (nSPS) is 15.2. The lowest BCUT2D eigenvalue weighted by atomic mass is 9.93. The van der Waals surface area contributed by atoms with Crippen LogP contribution in [0.5, 0.6) is 0 Å². The third-order valence-electron chi connectivity index (χ3n) is 7.10. The van der Waals surface area contributed by atoms with E-state index in [0.29, 0.717) is 59.5 Å². The lowest BCUT2D eigenvalue weighted by molar-refractivity contribution is 0.0976. The Balaban J connectivity index is 1.37. The Kier molecular flexibility index (Phi) is 5.72. The number of aliphatic hydroxyl groups is 1. The van der Waals surface area contributed by atoms with Crippen molar-refractivity contribution in [1.82, 2.24) is 19.7 Å². The molecule has 0 unspecified atom stereocenters. The van der Waals surface area contributed by atoms with Crippen molar-refractivity contribution in [1.29, 1.82) is 0 Å². The molecule has 1 aliphatic heterocycles. The molecule has 2 aliphatic rings. The number of carbonyl (C=O) groups excluding carboxylic acids is 1. The molecule has 37 heavy (non-hydrogen) atoms. The summed E-state index contributed by atoms with van der Waals surface area (Å²) in [6.07, 6.45) is 6.77. The van der Waals surface area contributed by atoms with Gasteiger partial charge in [-0.3, -0.25) is 9.48 Å². The van der Waals surface area contributed by atoms with Crippen molar-refractivity contribution in [3.8, 4) is 11.3 Å². The van der Waals surface area contributed by atoms with Crippen molar-refractivity contribution >= 4 is 17.4 Å². The monoisotopic (exact) mass is 498 g/mol. The summed E-state index contributed by atoms with van der Waals surface area (Å²) < 4.78 is 16.8. The van der Waals surface area contributed by atoms with E-state index in [2.05, 4.69) is 10.1 Å². The van der Waals surface area contributed by atoms with Gasteiger partial charge in [0, 0.05) is 43.4 Å². The Morgan fingerprint density at radius 2 is 2.03 bits per heavy atom. The molecule has 9 heteroatoms. The largest absolute Gasteiger partial charge is 0.392 e. The number of carbonyl (C=O) groups is 1. The number of rotatable bonds is 6. The molecular weight excluding hydrogens is 471 g/mol. The highest BCUT2D eigenvalue weighted by Crippen LogP contribution is 2.42. The van der Waals surface area contributed by atoms with E-state index in [1.807, 2.05) is 25.4 Å². The Labute approximate surface area is 213 Å². The summed E-state index contributed by atoms with van der Waals surface area (Å²) in [7, 11) is 1.84. The SMILES string of the molecule is Cn1cc(Cc2nc(N)cc(-c3cccc(N4CCc5cc(C6CC6)cc(F)c5C4=O)c3CO)n2)cn1. The van der Waals surface area contributed by atoms with Crippen molar-refractivity contribution in [3.05, 3.63) is 88.3 Å². The fraction of sp³-hybridized carbons (Fsp3) is 0.286. The third-order valence-corrected chi connectivity index (χ3v) is 7.10. The van der Waals surface area contributed by atoms with Gasteiger partial charge < -0.3 is 15.7 Å². The first kappa shape index (κ1) is 23.3. The van der Waals surface area contributed by atoms with Gasteiger partial charge in [0.1, 0.15) is 17.5 Å². The lowest BCUT2D eigenvalue weighted by Crippen LogP contribution is -2.39. The average Bonchev–Trinajstić information content (AvgIpc) is 3.65. The summed E-state index contributed by atoms with van der Waals surface area (Å²) in [5.74, 6) is 0.365. The van der Waals surface area contributed by atoms with E-state index in [1.54, 1.807) is 34.0 Å². The molecule has 0 bridgehead atoms. The summed E-state index contributed by atoms with van der Waals surface area (Å²) in [4.78, 5) is 24.1. The summed E-state index contributed by atoms with van der Waals surface area (Å²) >= 11 is 0. The number of benzene rings is 2. The van der Waals surface area contributed by atoms with Crippen LogP contribution < -0.4 is 10.6 Å². The minimum Gasteiger partial charge on any atom is -0.392 e. The molecule has 1 aliphatic carbocycles. The second-order valence-corrected chi connectivity index (χ2v) is 9.77. The van der Waals surface area contributed by atoms with E-state index < -0.39 is 11.7 Å². The molecule has 0 atom stereocenters. The van der Waals surface area contributed by atoms with Crippen molar-refractivity contribution in [2.75, 3.05) is 17.2 Å². The van der Waals surface area contributed by atoms with Crippen molar-refractivity contribution in [3.63, 3.8) is 0 Å². The molecule has 2 aromatic carbocycles. The Morgan fingerprint density at radius 3 is 2.76 bits per heavy atom. The van der Waals surface area contributed by atoms with E-state index in [1.165, 1.54) is 6.07 Å². The second-order valence-electron chi connectivity index (χ2n) is 9.77. The van der Waals surface area contributed by atoms with Crippen LogP contribution in [0.1, 0.15) is 57.2 Å². The number of nitrogens with zero attached hydrogens (tertiary/aromatic N) is 5. The maximum atomic E-state index is 15.1. The van der Waals surface area contributed by atoms with Crippen molar-refractivity contribution < 1.29 is 14.3 Å². The molecule has 6 rings (SSSR count). The molecule has 4 aromatic rings. The quantitative estimate of drug-likeness (QED) is 0.419. The topological polar surface area (TPSA) is 110 Å². The van der Waals surface area contributed by atoms with Gasteiger partial charge >= 0.3 is 0 Å². The highest BCUT2D eigenvalue weighted by Gasteiger charge is 2.33. The number of nitrogens with two attached hydrogens (primary N) is 1. The fourth-order valence-corrected chi connectivity index (χ4v) is 5.19. The van der Waals surface area contributed by atoms with Gasteiger partial charge in [0.25, 0.3) is 5.91 Å². The number of aliphatic hydroxyl groups excluding tert-OH is 1. The summed E-state index contributed by atoms with van der Waals surface area (Å²) in [6.45, 7) is 0.0705. The summed E-state index contributed by atoms with van der Waals surface area (Å²) in [5, 5.41) is 14.6. The number of nitrogen functional groups attached to an aromatic ring is 1. The summed E-state index contributed by atoms with van der Waals surface area (Å²) in [5.41, 5.74) is 11.2. The van der Waals surface area contributed by atoms with Crippen LogP contribution in [0, 0.1) is 5.82 Å². The number of hydrogen-bond donors (Lipinski definition) is 2. The van der Waals surface area contributed by atoms with E-state index >= 15 is 4.39 Å². The van der Waals surface area contributed by atoms with Crippen LogP contribution in [0.2, 0.25) is 0 Å². The standard InChI is InChI=1S/C28H27FN6O2/c1-34-14-16(13-31-34)9-26-32-23(12-25(30)33-26)20-3-2-4-24(21(20)15-36)35-8-7-18-10-19(17-5-6-17)11-22(29)27(18)28(35)37/h2-4,10-14,17,36H,5-9,15H2,1H3,(H2,30,32,33). The van der Waals surface area contributed by atoms with Crippen LogP contribution in [0.15, 0.2) is 48.8 Å². The minimum absolute atomic E-state index is 0.120. The molecule has 0 spiro atoms. The molecule has 188 valence electrons. The smallest absolute Gasteiger partial charge is 0.261 e. The maximum Gasteiger partial charge on any atom is 0.261 e. The number of fused-ring (bicyclic) bond motifs is 1. The predicted octanol–water partition coefficient (Wildman–Crippen LogP) is 3.76. The molecule has 1 fully saturated rings. The Hall–Kier alpha value is -4.11. The first-order valence-electron chi connectivity index (χ1n) is 12.4. The Morgan fingerprint density at radius 1 is 1.19 bits per heavy atom. The van der Waals surface area contributed by atoms with E-state index in [4.69, 9.17) is 10.7 Å². The number of aromatic nitrogens is 4. The lowest BCUT2D eigenvalue weighted by Gasteiger charge is -2.31. The van der Waals surface area contributed by atoms with Gasteiger partial charge in [-0.1, -0.05) is 18.2 Å². The molecule has 1 saturated carbocycles. The fourth-order valence-electron chi connectivity index (χ4n) is 5.19. The summed E-state index contributed by atoms with van der Waals surface area (Å²) in [6, 6.07) is 10.6. The van der Waals surface area contributed by atoms with Gasteiger partial charge in [-0.15, -0.1) is 0 Å². The molecule has 0 radical (unpaired) electrons. The average molecular weight is 499 g/mol. The van der Waals surface area contributed by atoms with Crippen LogP contribution in [0.4, 0.5) is 15.9 Å². The van der Waals surface area contributed by atoms with Gasteiger partial charge in [0.2, 0.25) is 0 Å². The van der Waals surface area contributed by atoms with Crippen LogP contribution in [0.3, 0.4) is 0 Å².